The van der Waals surface area contributed by atoms with Crippen LogP contribution in [0, 0.1) is 0 Å². The van der Waals surface area contributed by atoms with Crippen molar-refractivity contribution in [2.45, 2.75) is 57.4 Å². The van der Waals surface area contributed by atoms with E-state index in [4.69, 9.17) is 4.74 Å². The second-order valence-electron chi connectivity index (χ2n) is 15.0. The van der Waals surface area contributed by atoms with Gasteiger partial charge in [-0.25, -0.2) is 0 Å². The van der Waals surface area contributed by atoms with Crippen LogP contribution in [0.3, 0.4) is 0 Å². The lowest BCUT2D eigenvalue weighted by molar-refractivity contribution is -0.0881. The Morgan fingerprint density at radius 3 is 1.62 bits per heavy atom. The van der Waals surface area contributed by atoms with Crippen LogP contribution in [0.25, 0.3) is 12.2 Å². The summed E-state index contributed by atoms with van der Waals surface area (Å²) in [7, 11) is 0. The second-order valence-corrected chi connectivity index (χ2v) is 15.0. The molecule has 0 saturated carbocycles. The first-order chi connectivity index (χ1) is 29.2. The van der Waals surface area contributed by atoms with E-state index in [1.807, 2.05) is 72.8 Å². The van der Waals surface area contributed by atoms with Crippen molar-refractivity contribution in [3.8, 4) is 0 Å². The van der Waals surface area contributed by atoms with Gasteiger partial charge in [0.05, 0.1) is 17.4 Å². The lowest BCUT2D eigenvalue weighted by atomic mass is 10.0. The van der Waals surface area contributed by atoms with Crippen molar-refractivity contribution in [1.29, 1.82) is 0 Å². The fraction of sp³-hybridized carbons (Fsp3) is 0.231. The highest BCUT2D eigenvalue weighted by atomic mass is 19.4. The number of alkyl halides is 3. The number of benzene rings is 5. The van der Waals surface area contributed by atoms with Gasteiger partial charge in [0.25, 0.3) is 0 Å². The maximum absolute atomic E-state index is 12.8. The van der Waals surface area contributed by atoms with Crippen molar-refractivity contribution in [2.24, 2.45) is 0 Å². The number of hydrogen-bond donors (Lipinski definition) is 2. The Labute approximate surface area is 351 Å². The van der Waals surface area contributed by atoms with Gasteiger partial charge in [-0.1, -0.05) is 170 Å². The Balaban J connectivity index is 0.000000202. The minimum atomic E-state index is -4.39. The van der Waals surface area contributed by atoms with Gasteiger partial charge in [0, 0.05) is 45.7 Å². The zero-order chi connectivity index (χ0) is 42.0. The molecule has 0 aromatic heterocycles. The summed E-state index contributed by atoms with van der Waals surface area (Å²) < 4.78 is 44.1. The SMILES string of the molecule is OC(CN(Cc1ccccc1)Cc1ccccc1)c1ccc2c(c1)=CC=CCC=2.OC(COC1=CC=C(C(F)(F)F)C=CC1)CN(Cc1ccccc1)Cc1ccccc1. The van der Waals surface area contributed by atoms with Gasteiger partial charge >= 0.3 is 6.18 Å². The lowest BCUT2D eigenvalue weighted by Crippen LogP contribution is -2.34. The maximum Gasteiger partial charge on any atom is 0.416 e. The number of aliphatic hydroxyl groups is 2. The zero-order valence-electron chi connectivity index (χ0n) is 33.7. The molecule has 0 heterocycles. The average molecular weight is 811 g/mol. The molecule has 0 aliphatic heterocycles. The van der Waals surface area contributed by atoms with Gasteiger partial charge in [-0.3, -0.25) is 9.80 Å². The van der Waals surface area contributed by atoms with Crippen molar-refractivity contribution in [2.75, 3.05) is 19.7 Å². The van der Waals surface area contributed by atoms with Gasteiger partial charge in [0.2, 0.25) is 0 Å². The largest absolute Gasteiger partial charge is 0.495 e. The third kappa shape index (κ3) is 14.5. The number of hydrogen-bond acceptors (Lipinski definition) is 5. The van der Waals surface area contributed by atoms with Gasteiger partial charge in [-0.15, -0.1) is 0 Å². The van der Waals surface area contributed by atoms with Crippen molar-refractivity contribution in [3.05, 3.63) is 226 Å². The smallest absolute Gasteiger partial charge is 0.416 e. The van der Waals surface area contributed by atoms with Crippen molar-refractivity contribution < 1.29 is 28.1 Å². The first-order valence-corrected chi connectivity index (χ1v) is 20.4. The average Bonchev–Trinajstić information content (AvgIpc) is 3.66. The lowest BCUT2D eigenvalue weighted by Gasteiger charge is -2.25. The molecule has 0 saturated heterocycles. The molecule has 5 aromatic carbocycles. The molecule has 60 heavy (non-hydrogen) atoms. The Morgan fingerprint density at radius 2 is 1.10 bits per heavy atom. The molecule has 310 valence electrons. The molecular weight excluding hydrogens is 758 g/mol. The quantitative estimate of drug-likeness (QED) is 0.104. The first kappa shape index (κ1) is 43.8. The summed E-state index contributed by atoms with van der Waals surface area (Å²) >= 11 is 0. The number of rotatable bonds is 16. The van der Waals surface area contributed by atoms with Crippen molar-refractivity contribution >= 4 is 12.2 Å². The minimum Gasteiger partial charge on any atom is -0.495 e. The van der Waals surface area contributed by atoms with Crippen LogP contribution < -0.4 is 10.4 Å². The molecule has 7 rings (SSSR count). The van der Waals surface area contributed by atoms with Crippen LogP contribution in [-0.2, 0) is 30.9 Å². The van der Waals surface area contributed by atoms with Crippen LogP contribution in [0.1, 0.15) is 46.8 Å². The highest BCUT2D eigenvalue weighted by molar-refractivity contribution is 5.45. The van der Waals surface area contributed by atoms with Crippen LogP contribution in [0.2, 0.25) is 0 Å². The van der Waals surface area contributed by atoms with Crippen LogP contribution in [0.5, 0.6) is 0 Å². The first-order valence-electron chi connectivity index (χ1n) is 20.4. The number of allylic oxidation sites excluding steroid dienone is 7. The molecule has 2 atom stereocenters. The second kappa shape index (κ2) is 22.6. The summed E-state index contributed by atoms with van der Waals surface area (Å²) in [5.41, 5.74) is 5.02. The summed E-state index contributed by atoms with van der Waals surface area (Å²) in [6.07, 6.45) is 8.87. The van der Waals surface area contributed by atoms with E-state index in [1.54, 1.807) is 0 Å². The van der Waals surface area contributed by atoms with E-state index in [9.17, 15) is 23.4 Å². The highest BCUT2D eigenvalue weighted by Crippen LogP contribution is 2.29. The van der Waals surface area contributed by atoms with Gasteiger partial charge in [-0.2, -0.15) is 13.2 Å². The van der Waals surface area contributed by atoms with E-state index in [0.29, 0.717) is 31.9 Å². The summed E-state index contributed by atoms with van der Waals surface area (Å²) in [5, 5.41) is 24.0. The standard InChI is InChI=1S/C27H27NO.C25H26F3NO2/c29-27(26-17-16-24-14-8-3-9-15-25(24)18-26)21-28(19-22-10-4-1-5-11-22)20-23-12-6-2-7-13-23;26-25(27,28)22-12-7-13-24(15-14-22)31-19-23(30)18-29(16-20-8-3-1-4-9-20)17-21-10-5-2-6-11-21/h1-7,9-18,27,29H,8,19-21H2;1-12,14-15,23,30H,13,16-19H2. The molecule has 2 aliphatic carbocycles. The number of fused-ring (bicyclic) bond motifs is 1. The molecule has 8 heteroatoms. The molecule has 2 aliphatic rings. The maximum atomic E-state index is 12.8. The van der Waals surface area contributed by atoms with Gasteiger partial charge in [0.1, 0.15) is 12.7 Å². The molecule has 5 nitrogen and oxygen atoms in total. The molecule has 0 radical (unpaired) electrons. The predicted molar refractivity (Wildman–Crippen MR) is 235 cm³/mol. The van der Waals surface area contributed by atoms with E-state index in [2.05, 4.69) is 101 Å². The Kier molecular flexibility index (Phi) is 16.5. The van der Waals surface area contributed by atoms with Crippen LogP contribution >= 0.6 is 0 Å². The van der Waals surface area contributed by atoms with Gasteiger partial charge < -0.3 is 14.9 Å². The van der Waals surface area contributed by atoms with E-state index in [0.717, 1.165) is 48.4 Å². The van der Waals surface area contributed by atoms with Gasteiger partial charge in [0.15, 0.2) is 0 Å². The van der Waals surface area contributed by atoms with E-state index in [1.165, 1.54) is 33.7 Å². The third-order valence-corrected chi connectivity index (χ3v) is 10.1. The summed E-state index contributed by atoms with van der Waals surface area (Å²) in [6.45, 7) is 3.90. The predicted octanol–water partition coefficient (Wildman–Crippen LogP) is 9.34. The highest BCUT2D eigenvalue weighted by Gasteiger charge is 2.31. The molecule has 0 spiro atoms. The minimum absolute atomic E-state index is 0.00887. The topological polar surface area (TPSA) is 56.2 Å². The third-order valence-electron chi connectivity index (χ3n) is 10.1. The summed E-state index contributed by atoms with van der Waals surface area (Å²) in [5.74, 6) is 0.396. The Hall–Kier alpha value is -5.77. The molecule has 5 aromatic rings. The molecule has 2 unspecified atom stereocenters. The molecule has 0 amide bonds. The summed E-state index contributed by atoms with van der Waals surface area (Å²) in [6, 6.07) is 47.2. The number of halogens is 3. The Morgan fingerprint density at radius 1 is 0.583 bits per heavy atom. The number of aliphatic hydroxyl groups excluding tert-OH is 2. The van der Waals surface area contributed by atoms with Crippen LogP contribution in [0.15, 0.2) is 187 Å². The van der Waals surface area contributed by atoms with Crippen LogP contribution in [0.4, 0.5) is 13.2 Å². The monoisotopic (exact) mass is 810 g/mol. The van der Waals surface area contributed by atoms with E-state index in [-0.39, 0.29) is 13.0 Å². The molecule has 0 fully saturated rings. The van der Waals surface area contributed by atoms with E-state index < -0.39 is 24.0 Å². The number of ether oxygens (including phenoxy) is 1. The molecule has 2 N–H and O–H groups in total. The van der Waals surface area contributed by atoms with Gasteiger partial charge in [-0.05, 0) is 62.9 Å². The fourth-order valence-corrected chi connectivity index (χ4v) is 7.12. The van der Waals surface area contributed by atoms with E-state index >= 15 is 0 Å². The normalized spacial score (nSPS) is 14.6. The molecule has 0 bridgehead atoms. The van der Waals surface area contributed by atoms with Crippen molar-refractivity contribution in [3.63, 3.8) is 0 Å². The zero-order valence-corrected chi connectivity index (χ0v) is 33.7. The summed E-state index contributed by atoms with van der Waals surface area (Å²) in [4.78, 5) is 4.44. The Bertz CT molecular complexity index is 2230. The molecular formula is C52H53F3N2O3. The number of nitrogens with zero attached hydrogens (tertiary/aromatic N) is 2. The fourth-order valence-electron chi connectivity index (χ4n) is 7.12. The van der Waals surface area contributed by atoms with Crippen molar-refractivity contribution in [1.82, 2.24) is 9.80 Å². The van der Waals surface area contributed by atoms with Crippen LogP contribution in [-0.4, -0.2) is 52.0 Å².